The molecule has 0 saturated carbocycles. The molecule has 0 fully saturated rings. The topological polar surface area (TPSA) is 56.5 Å². The summed E-state index contributed by atoms with van der Waals surface area (Å²) >= 11 is 15.0. The van der Waals surface area contributed by atoms with Gasteiger partial charge in [0.1, 0.15) is 18.2 Å². The van der Waals surface area contributed by atoms with E-state index < -0.39 is 0 Å². The Bertz CT molecular complexity index is 1450. The van der Waals surface area contributed by atoms with Crippen LogP contribution in [0.1, 0.15) is 17.0 Å². The number of halogens is 5. The Morgan fingerprint density at radius 2 is 1.70 bits per heavy atom. The minimum atomic E-state index is -0.209. The number of rotatable bonds is 5. The molecule has 0 aliphatic rings. The molecule has 168 valence electrons. The molecule has 1 heterocycles. The number of hydrogen-bond acceptors (Lipinski definition) is 4. The van der Waals surface area contributed by atoms with Gasteiger partial charge in [0, 0.05) is 19.0 Å². The molecule has 4 rings (SSSR count). The number of nitrogens with zero attached hydrogens (tertiary/aromatic N) is 3. The Morgan fingerprint density at radius 1 is 1.03 bits per heavy atom. The second-order valence-corrected chi connectivity index (χ2v) is 12.0. The molecule has 0 aliphatic carbocycles. The van der Waals surface area contributed by atoms with Crippen molar-refractivity contribution < 1.29 is 4.74 Å². The molecule has 5 nitrogen and oxygen atoms in total. The fourth-order valence-electron chi connectivity index (χ4n) is 3.10. The summed E-state index contributed by atoms with van der Waals surface area (Å²) in [6.45, 7) is 2.21. The maximum Gasteiger partial charge on any atom is 0.282 e. The van der Waals surface area contributed by atoms with Crippen LogP contribution in [0.3, 0.4) is 0 Å². The van der Waals surface area contributed by atoms with Gasteiger partial charge in [0.15, 0.2) is 0 Å². The summed E-state index contributed by atoms with van der Waals surface area (Å²) in [5, 5.41) is 4.94. The number of aromatic nitrogens is 2. The van der Waals surface area contributed by atoms with E-state index in [1.165, 1.54) is 4.68 Å². The predicted octanol–water partition coefficient (Wildman–Crippen LogP) is 7.66. The SMILES string of the molecule is Cc1nc2ccc(Br)cc2c(=O)n1N=Cc1cc(I)c(OCc2ccc(Br)cc2Br)c(I)c1. The summed E-state index contributed by atoms with van der Waals surface area (Å²) in [6.07, 6.45) is 1.67. The first kappa shape index (κ1) is 25.3. The van der Waals surface area contributed by atoms with E-state index in [1.807, 2.05) is 42.5 Å². The maximum absolute atomic E-state index is 12.9. The lowest BCUT2D eigenvalue weighted by Crippen LogP contribution is -2.20. The van der Waals surface area contributed by atoms with Crippen LogP contribution >= 0.6 is 93.0 Å². The van der Waals surface area contributed by atoms with Crippen LogP contribution in [0.4, 0.5) is 0 Å². The number of aryl methyl sites for hydroxylation is 1. The van der Waals surface area contributed by atoms with Crippen LogP contribution in [0.2, 0.25) is 0 Å². The highest BCUT2D eigenvalue weighted by molar-refractivity contribution is 14.1. The first-order valence-corrected chi connectivity index (χ1v) is 14.1. The van der Waals surface area contributed by atoms with Crippen molar-refractivity contribution in [1.29, 1.82) is 0 Å². The standard InChI is InChI=1S/C23H14Br3I2N3O2/c1-12-30-21-5-4-15(24)8-17(21)23(32)31(12)29-10-13-6-19(27)22(20(28)7-13)33-11-14-2-3-16(25)9-18(14)26/h2-10H,11H2,1H3. The average Bonchev–Trinajstić information content (AvgIpc) is 2.75. The van der Waals surface area contributed by atoms with E-state index in [2.05, 4.69) is 103 Å². The monoisotopic (exact) mass is 855 g/mol. The zero-order chi connectivity index (χ0) is 23.7. The summed E-state index contributed by atoms with van der Waals surface area (Å²) < 4.78 is 12.2. The molecule has 10 heteroatoms. The molecule has 0 atom stereocenters. The second-order valence-electron chi connectivity index (χ2n) is 7.02. The van der Waals surface area contributed by atoms with E-state index in [0.717, 1.165) is 37.4 Å². The van der Waals surface area contributed by atoms with Crippen molar-refractivity contribution in [3.63, 3.8) is 0 Å². The third-order valence-electron chi connectivity index (χ3n) is 4.70. The van der Waals surface area contributed by atoms with E-state index in [4.69, 9.17) is 4.74 Å². The molecule has 3 aromatic carbocycles. The van der Waals surface area contributed by atoms with Gasteiger partial charge >= 0.3 is 0 Å². The number of hydrogen-bond donors (Lipinski definition) is 0. The molecule has 0 spiro atoms. The molecular formula is C23H14Br3I2N3O2. The molecule has 33 heavy (non-hydrogen) atoms. The quantitative estimate of drug-likeness (QED) is 0.153. The molecule has 0 radical (unpaired) electrons. The van der Waals surface area contributed by atoms with E-state index in [-0.39, 0.29) is 5.56 Å². The summed E-state index contributed by atoms with van der Waals surface area (Å²) in [5.41, 5.74) is 2.36. The summed E-state index contributed by atoms with van der Waals surface area (Å²) in [4.78, 5) is 17.4. The highest BCUT2D eigenvalue weighted by atomic mass is 127. The Morgan fingerprint density at radius 3 is 2.39 bits per heavy atom. The van der Waals surface area contributed by atoms with Gasteiger partial charge in [-0.2, -0.15) is 9.78 Å². The number of ether oxygens (including phenoxy) is 1. The van der Waals surface area contributed by atoms with Gasteiger partial charge in [-0.1, -0.05) is 53.9 Å². The van der Waals surface area contributed by atoms with Gasteiger partial charge in [-0.05, 0) is 100 Å². The van der Waals surface area contributed by atoms with Crippen molar-refractivity contribution in [2.75, 3.05) is 0 Å². The molecule has 0 N–H and O–H groups in total. The fraction of sp³-hybridized carbons (Fsp3) is 0.0870. The van der Waals surface area contributed by atoms with Crippen molar-refractivity contribution in [2.45, 2.75) is 13.5 Å². The third-order valence-corrected chi connectivity index (χ3v) is 8.03. The molecule has 1 aromatic heterocycles. The van der Waals surface area contributed by atoms with Crippen LogP contribution in [-0.4, -0.2) is 15.9 Å². The summed E-state index contributed by atoms with van der Waals surface area (Å²) in [6, 6.07) is 15.4. The zero-order valence-electron chi connectivity index (χ0n) is 17.0. The lowest BCUT2D eigenvalue weighted by atomic mass is 10.2. The summed E-state index contributed by atoms with van der Waals surface area (Å²) in [7, 11) is 0. The number of fused-ring (bicyclic) bond motifs is 1. The Hall–Kier alpha value is -0.830. The van der Waals surface area contributed by atoms with Crippen LogP contribution in [0.5, 0.6) is 5.75 Å². The van der Waals surface area contributed by atoms with Crippen LogP contribution in [0.15, 0.2) is 71.8 Å². The second kappa shape index (κ2) is 10.8. The minimum absolute atomic E-state index is 0.209. The number of benzene rings is 3. The van der Waals surface area contributed by atoms with Gasteiger partial charge in [-0.3, -0.25) is 4.79 Å². The highest BCUT2D eigenvalue weighted by Gasteiger charge is 2.11. The molecule has 0 saturated heterocycles. The van der Waals surface area contributed by atoms with Crippen LogP contribution in [0.25, 0.3) is 10.9 Å². The van der Waals surface area contributed by atoms with E-state index in [0.29, 0.717) is 23.3 Å². The first-order valence-electron chi connectivity index (χ1n) is 9.52. The molecule has 0 aliphatic heterocycles. The summed E-state index contributed by atoms with van der Waals surface area (Å²) in [5.74, 6) is 1.34. The fourth-order valence-corrected chi connectivity index (χ4v) is 6.75. The Labute approximate surface area is 242 Å². The Kier molecular flexibility index (Phi) is 8.30. The molecule has 0 amide bonds. The first-order chi connectivity index (χ1) is 15.7. The normalized spacial score (nSPS) is 11.5. The Balaban J connectivity index is 1.60. The van der Waals surface area contributed by atoms with Crippen LogP contribution in [0, 0.1) is 14.1 Å². The smallest absolute Gasteiger partial charge is 0.282 e. The largest absolute Gasteiger partial charge is 0.487 e. The zero-order valence-corrected chi connectivity index (χ0v) is 26.0. The van der Waals surface area contributed by atoms with Crippen LogP contribution < -0.4 is 10.3 Å². The average molecular weight is 858 g/mol. The van der Waals surface area contributed by atoms with Crippen molar-refractivity contribution in [1.82, 2.24) is 9.66 Å². The van der Waals surface area contributed by atoms with E-state index >= 15 is 0 Å². The molecular weight excluding hydrogens is 844 g/mol. The molecule has 0 unspecified atom stereocenters. The predicted molar refractivity (Wildman–Crippen MR) is 159 cm³/mol. The van der Waals surface area contributed by atoms with Crippen molar-refractivity contribution in [2.24, 2.45) is 5.10 Å². The van der Waals surface area contributed by atoms with Gasteiger partial charge in [-0.25, -0.2) is 4.98 Å². The minimum Gasteiger partial charge on any atom is -0.487 e. The lowest BCUT2D eigenvalue weighted by Gasteiger charge is -2.12. The maximum atomic E-state index is 12.9. The molecule has 0 bridgehead atoms. The van der Waals surface area contributed by atoms with Crippen molar-refractivity contribution >= 4 is 110 Å². The van der Waals surface area contributed by atoms with Crippen molar-refractivity contribution in [3.05, 3.63) is 96.4 Å². The van der Waals surface area contributed by atoms with Gasteiger partial charge in [-0.15, -0.1) is 0 Å². The lowest BCUT2D eigenvalue weighted by molar-refractivity contribution is 0.301. The third kappa shape index (κ3) is 5.88. The van der Waals surface area contributed by atoms with Gasteiger partial charge in [0.05, 0.1) is 24.3 Å². The van der Waals surface area contributed by atoms with Gasteiger partial charge < -0.3 is 4.74 Å². The van der Waals surface area contributed by atoms with Gasteiger partial charge in [0.25, 0.3) is 5.56 Å². The molecule has 4 aromatic rings. The van der Waals surface area contributed by atoms with E-state index in [1.54, 1.807) is 19.2 Å². The highest BCUT2D eigenvalue weighted by Crippen LogP contribution is 2.30. The van der Waals surface area contributed by atoms with E-state index in [9.17, 15) is 4.79 Å². The van der Waals surface area contributed by atoms with Gasteiger partial charge in [0.2, 0.25) is 0 Å². The van der Waals surface area contributed by atoms with Crippen molar-refractivity contribution in [3.8, 4) is 5.75 Å². The van der Waals surface area contributed by atoms with Crippen LogP contribution in [-0.2, 0) is 6.61 Å².